The van der Waals surface area contributed by atoms with Gasteiger partial charge < -0.3 is 39.9 Å². The number of alkyl carbamates (subject to hydrolysis) is 2. The molecule has 0 aliphatic carbocycles. The molecule has 2 saturated heterocycles. The quantitative estimate of drug-likeness (QED) is 0.161. The summed E-state index contributed by atoms with van der Waals surface area (Å²) >= 11 is 3.23. The molecule has 0 aromatic carbocycles. The minimum Gasteiger partial charge on any atom is -0.453 e. The Hall–Kier alpha value is -4.88. The van der Waals surface area contributed by atoms with Crippen molar-refractivity contribution in [1.29, 1.82) is 0 Å². The van der Waals surface area contributed by atoms with Crippen molar-refractivity contribution < 1.29 is 28.7 Å². The van der Waals surface area contributed by atoms with E-state index in [1.54, 1.807) is 38.7 Å². The molecule has 2 unspecified atom stereocenters. The lowest BCUT2D eigenvalue weighted by atomic mass is 10.0. The number of aromatic amines is 2. The molecule has 52 heavy (non-hydrogen) atoms. The number of nitrogens with one attached hydrogen (secondary N) is 4. The Morgan fingerprint density at radius 1 is 0.788 bits per heavy atom. The molecule has 4 N–H and O–H groups in total. The van der Waals surface area contributed by atoms with Gasteiger partial charge in [-0.25, -0.2) is 19.6 Å². The zero-order valence-electron chi connectivity index (χ0n) is 30.1. The van der Waals surface area contributed by atoms with Gasteiger partial charge in [0.15, 0.2) is 0 Å². The molecule has 0 bridgehead atoms. The fourth-order valence-corrected chi connectivity index (χ4v) is 9.12. The number of hydrogen-bond acceptors (Lipinski definition) is 10. The van der Waals surface area contributed by atoms with E-state index in [9.17, 15) is 19.2 Å². The van der Waals surface area contributed by atoms with E-state index in [2.05, 4.69) is 42.8 Å². The van der Waals surface area contributed by atoms with Gasteiger partial charge in [-0.2, -0.15) is 0 Å². The molecule has 14 nitrogen and oxygen atoms in total. The molecule has 276 valence electrons. The van der Waals surface area contributed by atoms with Gasteiger partial charge in [0, 0.05) is 29.4 Å². The van der Waals surface area contributed by atoms with Gasteiger partial charge in [0.2, 0.25) is 11.8 Å². The van der Waals surface area contributed by atoms with E-state index in [4.69, 9.17) is 14.5 Å². The lowest BCUT2D eigenvalue weighted by molar-refractivity contribution is -0.136. The number of aromatic nitrogens is 4. The lowest BCUT2D eigenvalue weighted by Crippen LogP contribution is -2.51. The molecule has 16 heteroatoms. The molecule has 2 aliphatic heterocycles. The standard InChI is InChI=1S/C36H44N8O6S2/c1-19(2)27(41-35(47)49-5)33(45)43-13-7-9-25(43)31-37-15-22(39-31)12-11-21-17-51-30-23(18-52-29(21)30)24-16-38-32(40-24)26-10-8-14-44(26)34(46)28(20(3)4)42-36(48)50-6/h15-20,25-28H,7-10,13-14H2,1-6H3,(H,37,39)(H,38,40)(H,41,47)(H,42,48)/t25?,26?,27-,28-/m0/s1. The van der Waals surface area contributed by atoms with E-state index < -0.39 is 24.3 Å². The van der Waals surface area contributed by atoms with E-state index in [0.717, 1.165) is 57.7 Å². The maximum absolute atomic E-state index is 13.6. The van der Waals surface area contributed by atoms with E-state index in [0.29, 0.717) is 24.6 Å². The number of carbonyl (C=O) groups is 4. The summed E-state index contributed by atoms with van der Waals surface area (Å²) in [4.78, 5) is 70.6. The summed E-state index contributed by atoms with van der Waals surface area (Å²) in [6.45, 7) is 8.73. The predicted octanol–water partition coefficient (Wildman–Crippen LogP) is 5.56. The number of thiophene rings is 2. The summed E-state index contributed by atoms with van der Waals surface area (Å²) in [7, 11) is 2.57. The fourth-order valence-electron chi connectivity index (χ4n) is 6.83. The van der Waals surface area contributed by atoms with Crippen molar-refractivity contribution in [3.05, 3.63) is 46.1 Å². The summed E-state index contributed by atoms with van der Waals surface area (Å²) in [6.07, 6.45) is 5.44. The average molecular weight is 749 g/mol. The molecule has 4 atom stereocenters. The van der Waals surface area contributed by atoms with Gasteiger partial charge in [-0.15, -0.1) is 22.7 Å². The highest BCUT2D eigenvalue weighted by Crippen LogP contribution is 2.40. The van der Waals surface area contributed by atoms with Crippen LogP contribution in [0.1, 0.15) is 88.4 Å². The van der Waals surface area contributed by atoms with Gasteiger partial charge in [0.05, 0.1) is 59.4 Å². The maximum Gasteiger partial charge on any atom is 0.407 e. The Balaban J connectivity index is 1.16. The second kappa shape index (κ2) is 15.8. The normalized spacial score (nSPS) is 18.4. The minimum atomic E-state index is -0.701. The molecule has 4 amide bonds. The first-order valence-electron chi connectivity index (χ1n) is 17.4. The Kier molecular flexibility index (Phi) is 11.2. The first-order chi connectivity index (χ1) is 25.0. The van der Waals surface area contributed by atoms with Crippen molar-refractivity contribution in [2.75, 3.05) is 27.3 Å². The number of nitrogens with zero attached hydrogens (tertiary/aromatic N) is 4. The molecule has 6 heterocycles. The fraction of sp³-hybridized carbons (Fsp3) is 0.500. The van der Waals surface area contributed by atoms with Crippen molar-refractivity contribution >= 4 is 56.1 Å². The van der Waals surface area contributed by atoms with Crippen LogP contribution < -0.4 is 10.6 Å². The van der Waals surface area contributed by atoms with Gasteiger partial charge >= 0.3 is 12.2 Å². The summed E-state index contributed by atoms with van der Waals surface area (Å²) in [5.74, 6) is 7.37. The second-order valence-corrected chi connectivity index (χ2v) is 15.4. The monoisotopic (exact) mass is 748 g/mol. The van der Waals surface area contributed by atoms with Gasteiger partial charge in [0.25, 0.3) is 0 Å². The predicted molar refractivity (Wildman–Crippen MR) is 198 cm³/mol. The van der Waals surface area contributed by atoms with Crippen molar-refractivity contribution in [2.24, 2.45) is 11.8 Å². The highest BCUT2D eigenvalue weighted by molar-refractivity contribution is 7.27. The zero-order chi connectivity index (χ0) is 37.1. The van der Waals surface area contributed by atoms with Crippen LogP contribution in [0.4, 0.5) is 9.59 Å². The lowest BCUT2D eigenvalue weighted by Gasteiger charge is -2.30. The first-order valence-corrected chi connectivity index (χ1v) is 19.2. The van der Waals surface area contributed by atoms with Gasteiger partial charge in [-0.1, -0.05) is 33.6 Å². The van der Waals surface area contributed by atoms with Crippen LogP contribution in [0.2, 0.25) is 0 Å². The molecule has 6 rings (SSSR count). The van der Waals surface area contributed by atoms with Crippen LogP contribution in [-0.2, 0) is 19.1 Å². The van der Waals surface area contributed by atoms with Crippen LogP contribution in [0.3, 0.4) is 0 Å². The number of fused-ring (bicyclic) bond motifs is 1. The molecule has 0 spiro atoms. The Bertz CT molecular complexity index is 2000. The van der Waals surface area contributed by atoms with Gasteiger partial charge in [-0.05, 0) is 43.4 Å². The van der Waals surface area contributed by atoms with Crippen LogP contribution in [0.25, 0.3) is 20.7 Å². The highest BCUT2D eigenvalue weighted by atomic mass is 32.1. The summed E-state index contributed by atoms with van der Waals surface area (Å²) in [5, 5.41) is 9.51. The third-order valence-corrected chi connectivity index (χ3v) is 11.7. The summed E-state index contributed by atoms with van der Waals surface area (Å²) in [5.41, 5.74) is 3.44. The SMILES string of the molecule is COC(=O)N[C@H](C(=O)N1CCCC1c1ncc(C#Cc2csc3c(-c4cnc(C5CCCN5C(=O)[C@@H](NC(=O)OC)C(C)C)[nH]4)csc23)[nH]1)C(C)C. The topological polar surface area (TPSA) is 175 Å². The molecule has 2 fully saturated rings. The molecular formula is C36H44N8O6S2. The number of methoxy groups -OCH3 is 2. The van der Waals surface area contributed by atoms with E-state index in [1.807, 2.05) is 39.3 Å². The maximum atomic E-state index is 13.6. The van der Waals surface area contributed by atoms with Crippen LogP contribution in [0.15, 0.2) is 23.2 Å². The number of hydrogen-bond donors (Lipinski definition) is 4. The van der Waals surface area contributed by atoms with Crippen molar-refractivity contribution in [2.45, 2.75) is 77.5 Å². The van der Waals surface area contributed by atoms with Crippen LogP contribution >= 0.6 is 22.7 Å². The molecule has 0 radical (unpaired) electrons. The van der Waals surface area contributed by atoms with E-state index in [-0.39, 0.29) is 35.7 Å². The zero-order valence-corrected chi connectivity index (χ0v) is 31.7. The number of rotatable bonds is 9. The number of amides is 4. The Morgan fingerprint density at radius 2 is 1.33 bits per heavy atom. The third-order valence-electron chi connectivity index (χ3n) is 9.58. The third kappa shape index (κ3) is 7.51. The van der Waals surface area contributed by atoms with E-state index >= 15 is 0 Å². The average Bonchev–Trinajstić information content (AvgIpc) is 3.97. The summed E-state index contributed by atoms with van der Waals surface area (Å²) in [6, 6.07) is -1.85. The second-order valence-electron chi connectivity index (χ2n) is 13.7. The van der Waals surface area contributed by atoms with Crippen LogP contribution in [-0.4, -0.2) is 93.1 Å². The molecule has 0 saturated carbocycles. The number of carbonyl (C=O) groups excluding carboxylic acids is 4. The smallest absolute Gasteiger partial charge is 0.407 e. The molecule has 4 aromatic heterocycles. The van der Waals surface area contributed by atoms with Crippen LogP contribution in [0.5, 0.6) is 0 Å². The minimum absolute atomic E-state index is 0.111. The van der Waals surface area contributed by atoms with Crippen molar-refractivity contribution in [3.63, 3.8) is 0 Å². The summed E-state index contributed by atoms with van der Waals surface area (Å²) < 4.78 is 11.7. The van der Waals surface area contributed by atoms with Crippen molar-refractivity contribution in [1.82, 2.24) is 40.4 Å². The Morgan fingerprint density at radius 3 is 1.88 bits per heavy atom. The molecule has 2 aliphatic rings. The molecule has 4 aromatic rings. The first kappa shape index (κ1) is 36.9. The van der Waals surface area contributed by atoms with Crippen molar-refractivity contribution in [3.8, 4) is 23.1 Å². The number of imidazole rings is 2. The number of ether oxygens (including phenoxy) is 2. The van der Waals surface area contributed by atoms with Crippen LogP contribution in [0, 0.1) is 23.7 Å². The largest absolute Gasteiger partial charge is 0.453 e. The molecular weight excluding hydrogens is 705 g/mol. The van der Waals surface area contributed by atoms with Gasteiger partial charge in [-0.3, -0.25) is 9.59 Å². The number of likely N-dealkylation sites (tertiary alicyclic amines) is 2. The van der Waals surface area contributed by atoms with E-state index in [1.165, 1.54) is 14.2 Å². The number of H-pyrrole nitrogens is 2. The highest BCUT2D eigenvalue weighted by Gasteiger charge is 2.39. The Labute approximate surface area is 310 Å². The van der Waals surface area contributed by atoms with Gasteiger partial charge in [0.1, 0.15) is 29.4 Å².